The molecule has 0 amide bonds. The number of hydrogen-bond donors (Lipinski definition) is 2. The first-order valence-corrected chi connectivity index (χ1v) is 14.7. The summed E-state index contributed by atoms with van der Waals surface area (Å²) in [5, 5.41) is 3.45. The van der Waals surface area contributed by atoms with Crippen molar-refractivity contribution in [1.29, 1.82) is 0 Å². The Morgan fingerprint density at radius 3 is 2.71 bits per heavy atom. The van der Waals surface area contributed by atoms with E-state index in [1.807, 2.05) is 0 Å². The van der Waals surface area contributed by atoms with E-state index >= 15 is 4.39 Å². The number of halogens is 5. The molecule has 5 aliphatic rings. The van der Waals surface area contributed by atoms with Gasteiger partial charge in [-0.2, -0.15) is 23.1 Å². The third kappa shape index (κ3) is 4.59. The summed E-state index contributed by atoms with van der Waals surface area (Å²) < 4.78 is 84.4. The van der Waals surface area contributed by atoms with Gasteiger partial charge in [0.25, 0.3) is 0 Å². The fourth-order valence-corrected chi connectivity index (χ4v) is 7.99. The molecule has 4 fully saturated rings. The van der Waals surface area contributed by atoms with Crippen molar-refractivity contribution in [3.8, 4) is 6.01 Å². The summed E-state index contributed by atoms with van der Waals surface area (Å²) in [6, 6.07) is 1.50. The van der Waals surface area contributed by atoms with Crippen LogP contribution in [-0.2, 0) is 23.9 Å². The van der Waals surface area contributed by atoms with E-state index in [-0.39, 0.29) is 49.0 Å². The van der Waals surface area contributed by atoms with Crippen molar-refractivity contribution >= 4 is 11.5 Å². The molecule has 0 aliphatic carbocycles. The predicted octanol–water partition coefficient (Wildman–Crippen LogP) is 4.23. The van der Waals surface area contributed by atoms with Crippen LogP contribution in [0, 0.1) is 12.7 Å². The van der Waals surface area contributed by atoms with E-state index in [0.717, 1.165) is 51.4 Å². The van der Waals surface area contributed by atoms with E-state index in [9.17, 15) is 17.6 Å². The highest BCUT2D eigenvalue weighted by Crippen LogP contribution is 2.46. The van der Waals surface area contributed by atoms with E-state index in [2.05, 4.69) is 20.1 Å². The smallest absolute Gasteiger partial charge is 0.417 e. The van der Waals surface area contributed by atoms with Gasteiger partial charge in [0.2, 0.25) is 0 Å². The van der Waals surface area contributed by atoms with Gasteiger partial charge >= 0.3 is 12.2 Å². The number of piperazine rings is 1. The minimum atomic E-state index is -4.80. The van der Waals surface area contributed by atoms with Gasteiger partial charge in [-0.1, -0.05) is 0 Å². The minimum absolute atomic E-state index is 0.0786. The highest BCUT2D eigenvalue weighted by molar-refractivity contribution is 5.56. The van der Waals surface area contributed by atoms with Gasteiger partial charge in [-0.05, 0) is 50.8 Å². The number of anilines is 2. The number of nitrogens with two attached hydrogens (primary N) is 1. The number of nitrogens with zero attached hydrogens (tertiary/aromatic N) is 4. The zero-order valence-corrected chi connectivity index (χ0v) is 23.4. The first kappa shape index (κ1) is 28.0. The molecule has 3 unspecified atom stereocenters. The summed E-state index contributed by atoms with van der Waals surface area (Å²) in [6.45, 7) is 4.18. The Morgan fingerprint density at radius 1 is 1.21 bits per heavy atom. The van der Waals surface area contributed by atoms with Crippen LogP contribution in [0.15, 0.2) is 6.07 Å². The van der Waals surface area contributed by atoms with Crippen LogP contribution >= 0.6 is 0 Å². The van der Waals surface area contributed by atoms with Crippen LogP contribution in [0.25, 0.3) is 0 Å². The summed E-state index contributed by atoms with van der Waals surface area (Å²) in [4.78, 5) is 13.9. The van der Waals surface area contributed by atoms with E-state index in [1.165, 1.54) is 6.92 Å². The largest absolute Gasteiger partial charge is 0.461 e. The molecular weight excluding hydrogens is 559 g/mol. The Balaban J connectivity index is 1.27. The van der Waals surface area contributed by atoms with Gasteiger partial charge in [-0.3, -0.25) is 4.90 Å². The first-order valence-electron chi connectivity index (χ1n) is 14.7. The van der Waals surface area contributed by atoms with E-state index < -0.39 is 40.9 Å². The van der Waals surface area contributed by atoms with Crippen molar-refractivity contribution in [3.63, 3.8) is 0 Å². The number of nitrogens with one attached hydrogen (secondary N) is 1. The number of hydrogen-bond acceptors (Lipinski definition) is 8. The molecule has 4 saturated heterocycles. The predicted molar refractivity (Wildman–Crippen MR) is 145 cm³/mol. The molecule has 7 rings (SSSR count). The molecule has 228 valence electrons. The van der Waals surface area contributed by atoms with E-state index in [1.54, 1.807) is 0 Å². The van der Waals surface area contributed by atoms with Gasteiger partial charge in [0.05, 0.1) is 35.2 Å². The summed E-state index contributed by atoms with van der Waals surface area (Å²) in [5.74, 6) is -0.479. The SMILES string of the molecule is Cc1cc(N)c(F)c(C2Cc3nc(OC[C@@]45CCCN4C[C@H](F)C5)nc(N4C5CCC4CNC5)c3CO2)c1C(F)(F)F. The molecule has 13 heteroatoms. The second kappa shape index (κ2) is 10.2. The highest BCUT2D eigenvalue weighted by Gasteiger charge is 2.50. The lowest BCUT2D eigenvalue weighted by Crippen LogP contribution is -2.52. The maximum absolute atomic E-state index is 15.3. The Kier molecular flexibility index (Phi) is 6.78. The number of benzene rings is 1. The quantitative estimate of drug-likeness (QED) is 0.393. The molecule has 5 aliphatic heterocycles. The Morgan fingerprint density at radius 2 is 1.98 bits per heavy atom. The molecule has 0 spiro atoms. The molecular formula is C29H35F5N6O2. The number of aromatic nitrogens is 2. The van der Waals surface area contributed by atoms with Crippen LogP contribution in [0.1, 0.15) is 66.2 Å². The minimum Gasteiger partial charge on any atom is -0.461 e. The van der Waals surface area contributed by atoms with E-state index in [4.69, 9.17) is 20.2 Å². The summed E-state index contributed by atoms with van der Waals surface area (Å²) >= 11 is 0. The number of aryl methyl sites for hydroxylation is 1. The third-order valence-electron chi connectivity index (χ3n) is 9.84. The second-order valence-electron chi connectivity index (χ2n) is 12.5. The van der Waals surface area contributed by atoms with Crippen LogP contribution in [0.2, 0.25) is 0 Å². The molecule has 0 radical (unpaired) electrons. The van der Waals surface area contributed by atoms with Gasteiger partial charge in [-0.15, -0.1) is 0 Å². The zero-order chi connectivity index (χ0) is 29.4. The van der Waals surface area contributed by atoms with Gasteiger partial charge in [0.1, 0.15) is 18.6 Å². The zero-order valence-electron chi connectivity index (χ0n) is 23.4. The number of nitrogen functional groups attached to an aromatic ring is 1. The van der Waals surface area contributed by atoms with Crippen LogP contribution in [-0.4, -0.2) is 71.4 Å². The average Bonchev–Trinajstić information content (AvgIpc) is 3.54. The monoisotopic (exact) mass is 594 g/mol. The fourth-order valence-electron chi connectivity index (χ4n) is 7.99. The standard InChI is InChI=1S/C29H35F5N6O2/c1-15-7-20(35)25(31)23(24(15)29(32,33)34)22-8-21-19(13-41-22)26(40-17-3-4-18(40)11-36-10-17)38-27(37-21)42-14-28-5-2-6-39(28)12-16(30)9-28/h7,16-18,22,36H,2-6,8-14,35H2,1H3/t16-,17?,18?,22?,28+/m1/s1. The van der Waals surface area contributed by atoms with Gasteiger partial charge < -0.3 is 25.4 Å². The molecule has 5 atom stereocenters. The molecule has 3 N–H and O–H groups in total. The summed E-state index contributed by atoms with van der Waals surface area (Å²) in [5.41, 5.74) is 4.31. The van der Waals surface area contributed by atoms with Crippen molar-refractivity contribution in [2.45, 2.75) is 88.1 Å². The lowest BCUT2D eigenvalue weighted by molar-refractivity contribution is -0.140. The fraction of sp³-hybridized carbons (Fsp3) is 0.655. The molecule has 6 heterocycles. The molecule has 2 aromatic rings. The third-order valence-corrected chi connectivity index (χ3v) is 9.84. The Hall–Kier alpha value is -2.77. The number of ether oxygens (including phenoxy) is 2. The summed E-state index contributed by atoms with van der Waals surface area (Å²) in [7, 11) is 0. The van der Waals surface area contributed by atoms with Crippen molar-refractivity contribution in [3.05, 3.63) is 39.8 Å². The number of alkyl halides is 4. The van der Waals surface area contributed by atoms with Crippen LogP contribution < -0.4 is 20.7 Å². The normalized spacial score (nSPS) is 31.0. The first-order chi connectivity index (χ1) is 20.0. The van der Waals surface area contributed by atoms with Gasteiger partial charge in [0, 0.05) is 55.7 Å². The summed E-state index contributed by atoms with van der Waals surface area (Å²) in [6.07, 6.45) is -2.94. The second-order valence-corrected chi connectivity index (χ2v) is 12.5. The van der Waals surface area contributed by atoms with Gasteiger partial charge in [-0.25, -0.2) is 8.78 Å². The van der Waals surface area contributed by atoms with Crippen LogP contribution in [0.5, 0.6) is 6.01 Å². The molecule has 1 aromatic carbocycles. The lowest BCUT2D eigenvalue weighted by atomic mass is 9.91. The number of rotatable bonds is 5. The molecule has 2 bridgehead atoms. The highest BCUT2D eigenvalue weighted by atomic mass is 19.4. The molecule has 1 aromatic heterocycles. The Bertz CT molecular complexity index is 1380. The molecule has 42 heavy (non-hydrogen) atoms. The van der Waals surface area contributed by atoms with Crippen molar-refractivity contribution < 1.29 is 31.4 Å². The average molecular weight is 595 g/mol. The van der Waals surface area contributed by atoms with Crippen LogP contribution in [0.4, 0.5) is 33.5 Å². The van der Waals surface area contributed by atoms with Crippen molar-refractivity contribution in [2.24, 2.45) is 0 Å². The van der Waals surface area contributed by atoms with Gasteiger partial charge in [0.15, 0.2) is 5.82 Å². The van der Waals surface area contributed by atoms with Crippen molar-refractivity contribution in [2.75, 3.05) is 43.4 Å². The Labute approximate surface area is 240 Å². The van der Waals surface area contributed by atoms with Crippen molar-refractivity contribution in [1.82, 2.24) is 20.2 Å². The maximum atomic E-state index is 15.3. The molecule has 0 saturated carbocycles. The number of fused-ring (bicyclic) bond motifs is 4. The maximum Gasteiger partial charge on any atom is 0.417 e. The van der Waals surface area contributed by atoms with E-state index in [0.29, 0.717) is 30.0 Å². The molecule has 8 nitrogen and oxygen atoms in total. The lowest BCUT2D eigenvalue weighted by Gasteiger charge is -2.39. The van der Waals surface area contributed by atoms with Crippen LogP contribution in [0.3, 0.4) is 0 Å². The topological polar surface area (TPSA) is 88.8 Å².